The Morgan fingerprint density at radius 2 is 2.04 bits per heavy atom. The lowest BCUT2D eigenvalue weighted by molar-refractivity contribution is -0.125. The number of hydrogen-bond acceptors (Lipinski definition) is 4. The van der Waals surface area contributed by atoms with Gasteiger partial charge in [-0.2, -0.15) is 0 Å². The fourth-order valence-corrected chi connectivity index (χ4v) is 3.80. The number of aromatic nitrogens is 1. The van der Waals surface area contributed by atoms with E-state index in [1.807, 2.05) is 4.90 Å². The van der Waals surface area contributed by atoms with E-state index in [0.717, 1.165) is 15.3 Å². The lowest BCUT2D eigenvalue weighted by atomic mass is 10.00. The maximum Gasteiger partial charge on any atom is 0.226 e. The molecule has 128 valence electrons. The Kier molecular flexibility index (Phi) is 4.09. The second-order valence-corrected chi connectivity index (χ2v) is 7.03. The normalized spacial score (nSPS) is 14.6. The first-order chi connectivity index (χ1) is 12.1. The number of amides is 1. The molecule has 4 nitrogen and oxygen atoms in total. The fourth-order valence-electron chi connectivity index (χ4n) is 2.79. The molecule has 1 N–H and O–H groups in total. The summed E-state index contributed by atoms with van der Waals surface area (Å²) in [6, 6.07) is 10.9. The van der Waals surface area contributed by atoms with E-state index in [1.165, 1.54) is 29.5 Å². The summed E-state index contributed by atoms with van der Waals surface area (Å²) in [5.41, 5.74) is 1.23. The van der Waals surface area contributed by atoms with Crippen molar-refractivity contribution in [2.45, 2.75) is 6.54 Å². The van der Waals surface area contributed by atoms with E-state index in [1.54, 1.807) is 24.3 Å². The van der Waals surface area contributed by atoms with Crippen molar-refractivity contribution >= 4 is 32.6 Å². The minimum atomic E-state index is -0.320. The summed E-state index contributed by atoms with van der Waals surface area (Å²) in [4.78, 5) is 18.6. The standard InChI is InChI=1S/C18H15F2N3OS/c19-13-5-6-15-16(7-13)25-18(22-15)23-9-12(10-23)17(24)21-8-11-3-1-2-4-14(11)20/h1-7,12H,8-10H2,(H,21,24). The van der Waals surface area contributed by atoms with E-state index < -0.39 is 0 Å². The number of halogens is 2. The van der Waals surface area contributed by atoms with Crippen molar-refractivity contribution in [3.05, 3.63) is 59.7 Å². The van der Waals surface area contributed by atoms with Gasteiger partial charge in [0, 0.05) is 25.2 Å². The molecule has 0 spiro atoms. The van der Waals surface area contributed by atoms with Gasteiger partial charge in [-0.3, -0.25) is 4.79 Å². The molecule has 0 saturated carbocycles. The van der Waals surface area contributed by atoms with E-state index in [4.69, 9.17) is 0 Å². The summed E-state index contributed by atoms with van der Waals surface area (Å²) in [7, 11) is 0. The average molecular weight is 359 g/mol. The summed E-state index contributed by atoms with van der Waals surface area (Å²) in [6.45, 7) is 1.30. The van der Waals surface area contributed by atoms with Gasteiger partial charge in [0.15, 0.2) is 5.13 Å². The molecule has 2 heterocycles. The molecule has 0 aliphatic carbocycles. The number of rotatable bonds is 4. The second kappa shape index (κ2) is 6.40. The van der Waals surface area contributed by atoms with Gasteiger partial charge in [-0.25, -0.2) is 13.8 Å². The number of hydrogen-bond donors (Lipinski definition) is 1. The molecule has 3 aromatic rings. The molecule has 1 aliphatic heterocycles. The first kappa shape index (κ1) is 16.0. The van der Waals surface area contributed by atoms with Crippen LogP contribution in [0.4, 0.5) is 13.9 Å². The van der Waals surface area contributed by atoms with Crippen LogP contribution in [0.2, 0.25) is 0 Å². The highest BCUT2D eigenvalue weighted by molar-refractivity contribution is 7.22. The summed E-state index contributed by atoms with van der Waals surface area (Å²) in [6.07, 6.45) is 0. The van der Waals surface area contributed by atoms with Crippen molar-refractivity contribution in [1.82, 2.24) is 10.3 Å². The molecule has 0 atom stereocenters. The van der Waals surface area contributed by atoms with Crippen LogP contribution in [0.5, 0.6) is 0 Å². The zero-order valence-corrected chi connectivity index (χ0v) is 14.0. The maximum absolute atomic E-state index is 13.6. The fraction of sp³-hybridized carbons (Fsp3) is 0.222. The number of benzene rings is 2. The van der Waals surface area contributed by atoms with Gasteiger partial charge in [0.05, 0.1) is 16.1 Å². The zero-order chi connectivity index (χ0) is 17.4. The molecule has 0 bridgehead atoms. The monoisotopic (exact) mass is 359 g/mol. The Balaban J connectivity index is 1.34. The molecule has 0 radical (unpaired) electrons. The summed E-state index contributed by atoms with van der Waals surface area (Å²) >= 11 is 1.41. The molecule has 1 aromatic heterocycles. The highest BCUT2D eigenvalue weighted by Gasteiger charge is 2.34. The molecule has 7 heteroatoms. The molecule has 1 amide bonds. The third-order valence-electron chi connectivity index (χ3n) is 4.27. The van der Waals surface area contributed by atoms with Gasteiger partial charge in [0.1, 0.15) is 11.6 Å². The van der Waals surface area contributed by atoms with Crippen molar-refractivity contribution in [2.24, 2.45) is 5.92 Å². The number of carbonyl (C=O) groups is 1. The van der Waals surface area contributed by atoms with E-state index >= 15 is 0 Å². The van der Waals surface area contributed by atoms with Gasteiger partial charge < -0.3 is 10.2 Å². The molecule has 0 unspecified atom stereocenters. The minimum Gasteiger partial charge on any atom is -0.352 e. The van der Waals surface area contributed by atoms with Crippen molar-refractivity contribution in [3.8, 4) is 0 Å². The maximum atomic E-state index is 13.6. The molecular weight excluding hydrogens is 344 g/mol. The van der Waals surface area contributed by atoms with Gasteiger partial charge >= 0.3 is 0 Å². The van der Waals surface area contributed by atoms with Crippen LogP contribution < -0.4 is 10.2 Å². The molecule has 1 aliphatic rings. The number of nitrogens with zero attached hydrogens (tertiary/aromatic N) is 2. The largest absolute Gasteiger partial charge is 0.352 e. The predicted octanol–water partition coefficient (Wildman–Crippen LogP) is 3.33. The van der Waals surface area contributed by atoms with E-state index in [-0.39, 0.29) is 30.0 Å². The Morgan fingerprint density at radius 3 is 2.84 bits per heavy atom. The van der Waals surface area contributed by atoms with Crippen molar-refractivity contribution in [2.75, 3.05) is 18.0 Å². The quantitative estimate of drug-likeness (QED) is 0.777. The minimum absolute atomic E-state index is 0.0911. The smallest absolute Gasteiger partial charge is 0.226 e. The van der Waals surface area contributed by atoms with Gasteiger partial charge in [0.25, 0.3) is 0 Å². The van der Waals surface area contributed by atoms with Gasteiger partial charge in [-0.15, -0.1) is 0 Å². The third kappa shape index (κ3) is 3.19. The summed E-state index contributed by atoms with van der Waals surface area (Å²) in [5, 5.41) is 3.57. The van der Waals surface area contributed by atoms with E-state index in [0.29, 0.717) is 18.7 Å². The predicted molar refractivity (Wildman–Crippen MR) is 93.5 cm³/mol. The second-order valence-electron chi connectivity index (χ2n) is 6.02. The lowest BCUT2D eigenvalue weighted by Crippen LogP contribution is -2.53. The average Bonchev–Trinajstić information content (AvgIpc) is 2.95. The Bertz CT molecular complexity index is 937. The molecular formula is C18H15F2N3OS. The van der Waals surface area contributed by atoms with Gasteiger partial charge in [-0.1, -0.05) is 29.5 Å². The van der Waals surface area contributed by atoms with E-state index in [2.05, 4.69) is 10.3 Å². The Hall–Kier alpha value is -2.54. The lowest BCUT2D eigenvalue weighted by Gasteiger charge is -2.37. The van der Waals surface area contributed by atoms with Crippen LogP contribution in [-0.4, -0.2) is 24.0 Å². The SMILES string of the molecule is O=C(NCc1ccccc1F)C1CN(c2nc3ccc(F)cc3s2)C1. The van der Waals surface area contributed by atoms with Crippen molar-refractivity contribution in [1.29, 1.82) is 0 Å². The summed E-state index contributed by atoms with van der Waals surface area (Å²) < 4.78 is 27.6. The van der Waals surface area contributed by atoms with Gasteiger partial charge in [0.2, 0.25) is 5.91 Å². The molecule has 2 aromatic carbocycles. The Morgan fingerprint density at radius 1 is 1.24 bits per heavy atom. The first-order valence-electron chi connectivity index (χ1n) is 7.92. The van der Waals surface area contributed by atoms with Crippen molar-refractivity contribution in [3.63, 3.8) is 0 Å². The summed E-state index contributed by atoms with van der Waals surface area (Å²) in [5.74, 6) is -0.835. The number of nitrogens with one attached hydrogen (secondary N) is 1. The van der Waals surface area contributed by atoms with Crippen LogP contribution in [0, 0.1) is 17.6 Å². The van der Waals surface area contributed by atoms with E-state index in [9.17, 15) is 13.6 Å². The first-order valence-corrected chi connectivity index (χ1v) is 8.74. The topological polar surface area (TPSA) is 45.2 Å². The van der Waals surface area contributed by atoms with Crippen LogP contribution >= 0.6 is 11.3 Å². The highest BCUT2D eigenvalue weighted by atomic mass is 32.1. The zero-order valence-electron chi connectivity index (χ0n) is 13.2. The molecule has 4 rings (SSSR count). The van der Waals surface area contributed by atoms with Crippen LogP contribution in [0.3, 0.4) is 0 Å². The third-order valence-corrected chi connectivity index (χ3v) is 5.35. The van der Waals surface area contributed by atoms with Crippen LogP contribution in [0.1, 0.15) is 5.56 Å². The van der Waals surface area contributed by atoms with Crippen molar-refractivity contribution < 1.29 is 13.6 Å². The van der Waals surface area contributed by atoms with Crippen LogP contribution in [-0.2, 0) is 11.3 Å². The molecule has 1 fully saturated rings. The number of anilines is 1. The highest BCUT2D eigenvalue weighted by Crippen LogP contribution is 2.33. The number of carbonyl (C=O) groups excluding carboxylic acids is 1. The van der Waals surface area contributed by atoms with Crippen LogP contribution in [0.25, 0.3) is 10.2 Å². The Labute approximate surface area is 147 Å². The van der Waals surface area contributed by atoms with Gasteiger partial charge in [-0.05, 0) is 24.3 Å². The molecule has 1 saturated heterocycles. The number of thiazole rings is 1. The van der Waals surface area contributed by atoms with Crippen LogP contribution in [0.15, 0.2) is 42.5 Å². The number of fused-ring (bicyclic) bond motifs is 1. The molecule has 25 heavy (non-hydrogen) atoms.